The summed E-state index contributed by atoms with van der Waals surface area (Å²) < 4.78 is 0. The van der Waals surface area contributed by atoms with Gasteiger partial charge in [-0.2, -0.15) is 0 Å². The third kappa shape index (κ3) is 3.76. The van der Waals surface area contributed by atoms with E-state index in [1.807, 2.05) is 6.07 Å². The summed E-state index contributed by atoms with van der Waals surface area (Å²) in [7, 11) is 0. The van der Waals surface area contributed by atoms with Crippen molar-refractivity contribution in [1.29, 1.82) is 0 Å². The van der Waals surface area contributed by atoms with Crippen LogP contribution in [-0.4, -0.2) is 5.11 Å². The van der Waals surface area contributed by atoms with E-state index in [1.165, 1.54) is 11.1 Å². The smallest absolute Gasteiger partial charge is 0.119 e. The normalized spacial score (nSPS) is 13.1. The summed E-state index contributed by atoms with van der Waals surface area (Å²) in [6.07, 6.45) is 0. The van der Waals surface area contributed by atoms with E-state index in [9.17, 15) is 5.11 Å². The molecular weight excluding hydrogens is 246 g/mol. The van der Waals surface area contributed by atoms with Crippen molar-refractivity contribution < 1.29 is 5.11 Å². The average Bonchev–Trinajstić information content (AvgIpc) is 2.11. The first-order valence-electron chi connectivity index (χ1n) is 7.13. The summed E-state index contributed by atoms with van der Waals surface area (Å²) in [6, 6.07) is 3.95. The highest BCUT2D eigenvalue weighted by Gasteiger charge is 2.33. The van der Waals surface area contributed by atoms with Gasteiger partial charge in [-0.25, -0.2) is 0 Å². The molecule has 20 heavy (non-hydrogen) atoms. The highest BCUT2D eigenvalue weighted by Crippen LogP contribution is 2.44. The molecule has 0 amide bonds. The van der Waals surface area contributed by atoms with Gasteiger partial charge < -0.3 is 11.3 Å². The van der Waals surface area contributed by atoms with Crippen LogP contribution < -0.4 is 6.15 Å². The Kier molecular flexibility index (Phi) is 5.13. The zero-order chi connectivity index (χ0) is 15.2. The number of phenols is 1. The van der Waals surface area contributed by atoms with Crippen molar-refractivity contribution in [1.82, 2.24) is 6.15 Å². The third-order valence-electron chi connectivity index (χ3n) is 3.49. The van der Waals surface area contributed by atoms with Crippen LogP contribution in [0.2, 0.25) is 0 Å². The molecule has 1 aromatic rings. The molecular formula is C18H33NO. The first-order valence-corrected chi connectivity index (χ1v) is 7.13. The molecule has 4 N–H and O–H groups in total. The molecule has 0 atom stereocenters. The summed E-state index contributed by atoms with van der Waals surface area (Å²) in [5.74, 6) is 0.422. The van der Waals surface area contributed by atoms with Crippen LogP contribution in [0.4, 0.5) is 0 Å². The number of hydrogen-bond donors (Lipinski definition) is 2. The van der Waals surface area contributed by atoms with E-state index < -0.39 is 0 Å². The Bertz CT molecular complexity index is 468. The van der Waals surface area contributed by atoms with Crippen molar-refractivity contribution in [3.63, 3.8) is 0 Å². The molecule has 2 nitrogen and oxygen atoms in total. The first kappa shape index (κ1) is 19.0. The molecule has 0 aliphatic heterocycles. The van der Waals surface area contributed by atoms with E-state index in [0.29, 0.717) is 5.75 Å². The van der Waals surface area contributed by atoms with Gasteiger partial charge in [0.2, 0.25) is 0 Å². The van der Waals surface area contributed by atoms with Gasteiger partial charge in [0, 0.05) is 5.56 Å². The van der Waals surface area contributed by atoms with Gasteiger partial charge in [0.25, 0.3) is 0 Å². The zero-order valence-corrected chi connectivity index (χ0v) is 14.8. The van der Waals surface area contributed by atoms with Gasteiger partial charge in [-0.1, -0.05) is 68.4 Å². The van der Waals surface area contributed by atoms with E-state index in [2.05, 4.69) is 68.4 Å². The van der Waals surface area contributed by atoms with Crippen LogP contribution in [0.25, 0.3) is 0 Å². The van der Waals surface area contributed by atoms with Crippen molar-refractivity contribution in [2.24, 2.45) is 0 Å². The molecule has 0 unspecified atom stereocenters. The van der Waals surface area contributed by atoms with Crippen molar-refractivity contribution >= 4 is 0 Å². The summed E-state index contributed by atoms with van der Waals surface area (Å²) in [5.41, 5.74) is 3.76. The van der Waals surface area contributed by atoms with E-state index >= 15 is 0 Å². The van der Waals surface area contributed by atoms with Crippen molar-refractivity contribution in [2.75, 3.05) is 0 Å². The van der Waals surface area contributed by atoms with Gasteiger partial charge in [0.05, 0.1) is 0 Å². The number of aromatic hydroxyl groups is 1. The van der Waals surface area contributed by atoms with Crippen LogP contribution >= 0.6 is 0 Å². The fourth-order valence-electron chi connectivity index (χ4n) is 2.75. The maximum Gasteiger partial charge on any atom is 0.119 e. The number of hydrogen-bond acceptors (Lipinski definition) is 2. The summed E-state index contributed by atoms with van der Waals surface area (Å²) in [4.78, 5) is 0. The largest absolute Gasteiger partial charge is 0.508 e. The molecule has 1 rings (SSSR count). The fourth-order valence-corrected chi connectivity index (χ4v) is 2.75. The van der Waals surface area contributed by atoms with Gasteiger partial charge in [0.1, 0.15) is 5.75 Å². The monoisotopic (exact) mass is 279 g/mol. The lowest BCUT2D eigenvalue weighted by Gasteiger charge is -2.36. The van der Waals surface area contributed by atoms with Crippen LogP contribution in [0.15, 0.2) is 12.1 Å². The molecule has 0 spiro atoms. The number of phenolic OH excluding ortho intramolecular Hbond substituents is 1. The molecule has 0 aromatic heterocycles. The van der Waals surface area contributed by atoms with Crippen molar-refractivity contribution in [2.45, 2.75) is 78.6 Å². The molecule has 0 saturated heterocycles. The van der Waals surface area contributed by atoms with Gasteiger partial charge in [0.15, 0.2) is 0 Å². The molecule has 1 aromatic carbocycles. The average molecular weight is 279 g/mol. The lowest BCUT2D eigenvalue weighted by Crippen LogP contribution is -2.28. The minimum Gasteiger partial charge on any atom is -0.508 e. The minimum atomic E-state index is -0.0616. The Morgan fingerprint density at radius 1 is 0.650 bits per heavy atom. The van der Waals surface area contributed by atoms with Crippen LogP contribution in [0.1, 0.15) is 79.0 Å². The van der Waals surface area contributed by atoms with Crippen LogP contribution in [0.3, 0.4) is 0 Å². The first-order chi connectivity index (χ1) is 8.26. The van der Waals surface area contributed by atoms with Crippen molar-refractivity contribution in [3.8, 4) is 5.75 Å². The van der Waals surface area contributed by atoms with Crippen LogP contribution in [0, 0.1) is 0 Å². The zero-order valence-electron chi connectivity index (χ0n) is 14.8. The van der Waals surface area contributed by atoms with Crippen LogP contribution in [-0.2, 0) is 16.2 Å². The molecule has 0 radical (unpaired) electrons. The standard InChI is InChI=1S/C18H30O.H3N/c1-16(2,3)12-10-11-13(19)15(18(7,8)9)14(12)17(4,5)6;/h10-11,19H,1-9H3;1H3. The van der Waals surface area contributed by atoms with E-state index in [1.54, 1.807) is 0 Å². The maximum atomic E-state index is 10.4. The molecule has 0 heterocycles. The molecule has 0 fully saturated rings. The summed E-state index contributed by atoms with van der Waals surface area (Å²) in [6.45, 7) is 19.9. The maximum absolute atomic E-state index is 10.4. The van der Waals surface area contributed by atoms with Gasteiger partial charge in [-0.05, 0) is 33.4 Å². The summed E-state index contributed by atoms with van der Waals surface area (Å²) >= 11 is 0. The van der Waals surface area contributed by atoms with Crippen molar-refractivity contribution in [3.05, 3.63) is 28.8 Å². The topological polar surface area (TPSA) is 55.2 Å². The molecule has 0 aliphatic carbocycles. The lowest BCUT2D eigenvalue weighted by molar-refractivity contribution is 0.429. The minimum absolute atomic E-state index is 0. The quantitative estimate of drug-likeness (QED) is 0.663. The van der Waals surface area contributed by atoms with E-state index in [4.69, 9.17) is 0 Å². The Morgan fingerprint density at radius 3 is 1.35 bits per heavy atom. The summed E-state index contributed by atoms with van der Waals surface area (Å²) in [5, 5.41) is 10.4. The third-order valence-corrected chi connectivity index (χ3v) is 3.49. The predicted molar refractivity (Wildman–Crippen MR) is 89.2 cm³/mol. The van der Waals surface area contributed by atoms with Gasteiger partial charge in [-0.15, -0.1) is 0 Å². The van der Waals surface area contributed by atoms with E-state index in [0.717, 1.165) is 5.56 Å². The highest BCUT2D eigenvalue weighted by molar-refractivity contribution is 5.53. The van der Waals surface area contributed by atoms with E-state index in [-0.39, 0.29) is 22.4 Å². The molecule has 0 aliphatic rings. The van der Waals surface area contributed by atoms with Gasteiger partial charge >= 0.3 is 0 Å². The molecule has 116 valence electrons. The molecule has 2 heteroatoms. The van der Waals surface area contributed by atoms with Gasteiger partial charge in [-0.3, -0.25) is 0 Å². The Morgan fingerprint density at radius 2 is 1.05 bits per heavy atom. The lowest BCUT2D eigenvalue weighted by atomic mass is 9.68. The van der Waals surface area contributed by atoms with Crippen LogP contribution in [0.5, 0.6) is 5.75 Å². The Hall–Kier alpha value is -1.02. The SMILES string of the molecule is CC(C)(C)c1ccc(O)c(C(C)(C)C)c1C(C)(C)C.N. The second-order valence-electron chi connectivity index (χ2n) is 8.63. The Balaban J connectivity index is 0.00000361. The molecule has 0 bridgehead atoms. The second-order valence-corrected chi connectivity index (χ2v) is 8.63. The fraction of sp³-hybridized carbons (Fsp3) is 0.667. The predicted octanol–water partition coefficient (Wildman–Crippen LogP) is 5.45. The highest BCUT2D eigenvalue weighted by atomic mass is 16.3. The molecule has 0 saturated carbocycles. The number of rotatable bonds is 0. The number of benzene rings is 1. The Labute approximate surface area is 125 Å². The second kappa shape index (κ2) is 5.40.